The van der Waals surface area contributed by atoms with E-state index in [9.17, 15) is 84.1 Å². The molecule has 50 heavy (non-hydrogen) atoms. The van der Waals surface area contributed by atoms with Crippen LogP contribution in [-0.4, -0.2) is 98.1 Å². The Morgan fingerprint density at radius 2 is 0.280 bits per heavy atom. The van der Waals surface area contributed by atoms with Crippen LogP contribution in [0.5, 0.6) is 0 Å². The van der Waals surface area contributed by atoms with Crippen molar-refractivity contribution in [1.82, 2.24) is 0 Å². The summed E-state index contributed by atoms with van der Waals surface area (Å²) < 4.78 is 171. The van der Waals surface area contributed by atoms with Crippen LogP contribution in [0.15, 0.2) is 0 Å². The van der Waals surface area contributed by atoms with Crippen LogP contribution < -0.4 is 0 Å². The van der Waals surface area contributed by atoms with E-state index in [1.54, 1.807) is 0 Å². The Hall–Kier alpha value is 2.76. The van der Waals surface area contributed by atoms with Crippen LogP contribution in [-0.2, 0) is 102 Å². The molecule has 0 rings (SSSR count). The molecule has 0 fully saturated rings. The fourth-order valence-electron chi connectivity index (χ4n) is 1.59. The first-order valence-corrected chi connectivity index (χ1v) is 27.0. The third kappa shape index (κ3) is 26.6. The zero-order valence-electron chi connectivity index (χ0n) is 21.0. The van der Waals surface area contributed by atoms with Gasteiger partial charge in [-0.1, -0.05) is 0 Å². The third-order valence-electron chi connectivity index (χ3n) is 2.28. The second-order valence-corrected chi connectivity index (χ2v) is 25.1. The van der Waals surface area contributed by atoms with Crippen molar-refractivity contribution in [3.05, 3.63) is 0 Å². The van der Waals surface area contributed by atoms with Gasteiger partial charge in [0.15, 0.2) is 0 Å². The van der Waals surface area contributed by atoms with Gasteiger partial charge in [-0.15, -0.1) is 0 Å². The van der Waals surface area contributed by atoms with E-state index >= 15 is 0 Å². The molecule has 37 nitrogen and oxygen atoms in total. The van der Waals surface area contributed by atoms with E-state index in [2.05, 4.69) is 47.4 Å². The third-order valence-corrected chi connectivity index (χ3v) is 20.5. The molecule has 0 saturated carbocycles. The van der Waals surface area contributed by atoms with Gasteiger partial charge in [0.05, 0.1) is 0 Å². The summed E-state index contributed by atoms with van der Waals surface area (Å²) in [6.07, 6.45) is 0. The van der Waals surface area contributed by atoms with Gasteiger partial charge < -0.3 is 68.5 Å². The monoisotopic (exact) mass is 1000 g/mol. The molecule has 0 saturated heterocycles. The predicted octanol–water partition coefficient (Wildman–Crippen LogP) is -0.290. The first kappa shape index (κ1) is 54.9. The molecule has 0 aromatic heterocycles. The quantitative estimate of drug-likeness (QED) is 0.0489. The van der Waals surface area contributed by atoms with Gasteiger partial charge in [0.1, 0.15) is 0 Å². The van der Waals surface area contributed by atoms with Crippen LogP contribution in [0.3, 0.4) is 0 Å². The molecular weight excluding hydrogens is 987 g/mol. The van der Waals surface area contributed by atoms with Crippen molar-refractivity contribution < 1.29 is 171 Å². The van der Waals surface area contributed by atoms with Gasteiger partial charge in [-0.3, -0.25) is 0 Å². The van der Waals surface area contributed by atoms with Crippen LogP contribution in [0.25, 0.3) is 0 Å². The number of hydrogen-bond acceptors (Lipinski definition) is 23. The Labute approximate surface area is 293 Å². The van der Waals surface area contributed by atoms with Crippen molar-refractivity contribution in [1.29, 1.82) is 0 Å². The molecule has 0 spiro atoms. The summed E-state index contributed by atoms with van der Waals surface area (Å²) in [4.78, 5) is 125. The van der Waals surface area contributed by atoms with Crippen LogP contribution >= 0.6 is 93.9 Å². The molecule has 0 aromatic carbocycles. The molecule has 0 aliphatic heterocycles. The Kier molecular flexibility index (Phi) is 19.9. The fraction of sp³-hybridized carbons (Fsp3) is 0. The fourth-order valence-corrected chi connectivity index (χ4v) is 17.0. The van der Waals surface area contributed by atoms with Crippen LogP contribution in [0.4, 0.5) is 0 Å². The molecule has 0 aromatic rings. The van der Waals surface area contributed by atoms with Gasteiger partial charge in [-0.25, -0.2) is 54.8 Å². The summed E-state index contributed by atoms with van der Waals surface area (Å²) in [5.41, 5.74) is 0. The van der Waals surface area contributed by atoms with Gasteiger partial charge >= 0.3 is 123 Å². The molecule has 0 aliphatic rings. The van der Waals surface area contributed by atoms with Gasteiger partial charge in [0, 0.05) is 0 Å². The first-order valence-electron chi connectivity index (χ1n) is 9.01. The average molecular weight is 1000 g/mol. The van der Waals surface area contributed by atoms with E-state index in [1.807, 2.05) is 0 Å². The minimum absolute atomic E-state index is 0. The molecular formula is H15NaO37P12. The van der Waals surface area contributed by atoms with Gasteiger partial charge in [0.2, 0.25) is 0 Å². The summed E-state index contributed by atoms with van der Waals surface area (Å²) >= 11 is 0. The molecule has 0 heterocycles. The molecule has 0 bridgehead atoms. The molecule has 298 valence electrons. The zero-order valence-corrected chi connectivity index (χ0v) is 31.8. The molecule has 14 N–H and O–H groups in total. The maximum atomic E-state index is 11.8. The summed E-state index contributed by atoms with van der Waals surface area (Å²) in [6, 6.07) is 0. The Bertz CT molecular complexity index is 1680. The summed E-state index contributed by atoms with van der Waals surface area (Å²) in [5.74, 6) is 0. The number of hydrogen-bond donors (Lipinski definition) is 14. The van der Waals surface area contributed by atoms with E-state index in [1.165, 1.54) is 0 Å². The standard InChI is InChI=1S/Na.H14O37P12.H/c;1-38(2,3)27-40(7,8)29-42(11,12)31-44(15,16)33-46(19,20)35-48(23,24)37-49(25,26)36-47(21,22)34-45(17,18)32-43(13,14)30-41(9,10)28-39(4,5)6;/h;(H,7,8)(H,9,10)(H,11,12)(H,13,14)(H,15,16)(H,17,18)(H,19,20)(H,21,22)(H,23,24)(H,25,26)(H2,1,2,3)(H2,4,5,6);. The van der Waals surface area contributed by atoms with Gasteiger partial charge in [-0.2, -0.15) is 47.4 Å². The Morgan fingerprint density at radius 3 is 0.360 bits per heavy atom. The molecule has 0 amide bonds. The predicted molar refractivity (Wildman–Crippen MR) is 141 cm³/mol. The van der Waals surface area contributed by atoms with Crippen molar-refractivity contribution in [3.8, 4) is 0 Å². The molecule has 50 heteroatoms. The van der Waals surface area contributed by atoms with Crippen molar-refractivity contribution in [2.24, 2.45) is 0 Å². The Balaban J connectivity index is 0. The van der Waals surface area contributed by atoms with Crippen molar-refractivity contribution >= 4 is 123 Å². The summed E-state index contributed by atoms with van der Waals surface area (Å²) in [7, 11) is -79.5. The molecule has 10 atom stereocenters. The maximum absolute atomic E-state index is 11.8. The van der Waals surface area contributed by atoms with Gasteiger partial charge in [-0.05, 0) is 0 Å². The Morgan fingerprint density at radius 1 is 0.200 bits per heavy atom. The van der Waals surface area contributed by atoms with E-state index < -0.39 is 93.9 Å². The normalized spacial score (nSPS) is 25.1. The zero-order chi connectivity index (χ0) is 39.8. The molecule has 10 unspecified atom stereocenters. The van der Waals surface area contributed by atoms with E-state index in [0.29, 0.717) is 0 Å². The topological polar surface area (TPSA) is 590 Å². The average Bonchev–Trinajstić information content (AvgIpc) is 2.52. The van der Waals surface area contributed by atoms with Crippen molar-refractivity contribution in [2.75, 3.05) is 0 Å². The number of phosphoric acid groups is 12. The van der Waals surface area contributed by atoms with E-state index in [-0.39, 0.29) is 29.6 Å². The minimum atomic E-state index is -6.95. The van der Waals surface area contributed by atoms with Crippen molar-refractivity contribution in [2.45, 2.75) is 0 Å². The second kappa shape index (κ2) is 18.1. The summed E-state index contributed by atoms with van der Waals surface area (Å²) in [6.45, 7) is 0. The summed E-state index contributed by atoms with van der Waals surface area (Å²) in [5, 5.41) is 0. The van der Waals surface area contributed by atoms with Gasteiger partial charge in [0.25, 0.3) is 0 Å². The second-order valence-electron chi connectivity index (χ2n) is 6.56. The van der Waals surface area contributed by atoms with Crippen molar-refractivity contribution in [3.63, 3.8) is 0 Å². The molecule has 0 radical (unpaired) electrons. The molecule has 0 aliphatic carbocycles. The van der Waals surface area contributed by atoms with E-state index in [0.717, 1.165) is 0 Å². The SMILES string of the molecule is O=P(O)(O)OP(=O)(O)OP(=O)(O)OP(=O)(O)OP(=O)(O)OP(=O)(O)OP(=O)(O)OP(=O)(O)OP(=O)(O)OP(=O)(O)OP(=O)(O)OP(=O)(O)O.[NaH]. The van der Waals surface area contributed by atoms with Crippen LogP contribution in [0, 0.1) is 0 Å². The van der Waals surface area contributed by atoms with E-state index in [4.69, 9.17) is 39.1 Å². The van der Waals surface area contributed by atoms with Crippen LogP contribution in [0.2, 0.25) is 0 Å². The van der Waals surface area contributed by atoms with Crippen LogP contribution in [0.1, 0.15) is 0 Å². The first-order chi connectivity index (χ1) is 20.8. The number of rotatable bonds is 22.